The highest BCUT2D eigenvalue weighted by atomic mass is 32.1. The van der Waals surface area contributed by atoms with Gasteiger partial charge in [0.2, 0.25) is 0 Å². The SMILES string of the molecule is CCNC(=NCc1nc(C)c(C)s1)NC(C)c1ccc(F)cc1F. The minimum Gasteiger partial charge on any atom is -0.357 e. The zero-order valence-corrected chi connectivity index (χ0v) is 15.1. The first-order chi connectivity index (χ1) is 11.4. The fourth-order valence-electron chi connectivity index (χ4n) is 2.21. The monoisotopic (exact) mass is 352 g/mol. The first-order valence-corrected chi connectivity index (χ1v) is 8.65. The second kappa shape index (κ2) is 8.19. The predicted octanol–water partition coefficient (Wildman–Crippen LogP) is 3.85. The molecule has 0 saturated carbocycles. The summed E-state index contributed by atoms with van der Waals surface area (Å²) < 4.78 is 26.9. The highest BCUT2D eigenvalue weighted by Crippen LogP contribution is 2.19. The fraction of sp³-hybridized carbons (Fsp3) is 0.412. The Morgan fingerprint density at radius 2 is 2.08 bits per heavy atom. The zero-order valence-electron chi connectivity index (χ0n) is 14.3. The minimum absolute atomic E-state index is 0.344. The van der Waals surface area contributed by atoms with Gasteiger partial charge >= 0.3 is 0 Å². The Balaban J connectivity index is 2.10. The molecule has 0 spiro atoms. The van der Waals surface area contributed by atoms with E-state index in [2.05, 4.69) is 20.6 Å². The Hall–Kier alpha value is -2.02. The largest absolute Gasteiger partial charge is 0.357 e. The van der Waals surface area contributed by atoms with E-state index >= 15 is 0 Å². The molecule has 0 fully saturated rings. The fourth-order valence-corrected chi connectivity index (χ4v) is 3.07. The number of hydrogen-bond acceptors (Lipinski definition) is 3. The number of aromatic nitrogens is 1. The van der Waals surface area contributed by atoms with Crippen LogP contribution in [0.2, 0.25) is 0 Å². The summed E-state index contributed by atoms with van der Waals surface area (Å²) in [5, 5.41) is 7.20. The van der Waals surface area contributed by atoms with Crippen molar-refractivity contribution in [2.24, 2.45) is 4.99 Å². The van der Waals surface area contributed by atoms with Crippen molar-refractivity contribution in [3.63, 3.8) is 0 Å². The van der Waals surface area contributed by atoms with Gasteiger partial charge in [0.1, 0.15) is 16.6 Å². The predicted molar refractivity (Wildman–Crippen MR) is 94.3 cm³/mol. The van der Waals surface area contributed by atoms with Crippen molar-refractivity contribution in [2.75, 3.05) is 6.54 Å². The molecular formula is C17H22F2N4S. The molecule has 0 aliphatic heterocycles. The lowest BCUT2D eigenvalue weighted by atomic mass is 10.1. The van der Waals surface area contributed by atoms with Crippen LogP contribution in [0.4, 0.5) is 8.78 Å². The minimum atomic E-state index is -0.585. The van der Waals surface area contributed by atoms with Gasteiger partial charge in [-0.3, -0.25) is 0 Å². The first kappa shape index (κ1) is 18.3. The van der Waals surface area contributed by atoms with Crippen LogP contribution < -0.4 is 10.6 Å². The number of nitrogens with one attached hydrogen (secondary N) is 2. The van der Waals surface area contributed by atoms with Crippen molar-refractivity contribution in [1.29, 1.82) is 0 Å². The Morgan fingerprint density at radius 1 is 1.33 bits per heavy atom. The van der Waals surface area contributed by atoms with Crippen molar-refractivity contribution in [3.05, 3.63) is 51.0 Å². The molecule has 1 aromatic heterocycles. The molecule has 130 valence electrons. The van der Waals surface area contributed by atoms with E-state index < -0.39 is 11.6 Å². The van der Waals surface area contributed by atoms with E-state index in [1.807, 2.05) is 20.8 Å². The van der Waals surface area contributed by atoms with Gasteiger partial charge in [-0.05, 0) is 33.8 Å². The molecule has 0 bridgehead atoms. The smallest absolute Gasteiger partial charge is 0.192 e. The maximum Gasteiger partial charge on any atom is 0.192 e. The lowest BCUT2D eigenvalue weighted by Gasteiger charge is -2.18. The second-order valence-corrected chi connectivity index (χ2v) is 6.76. The Morgan fingerprint density at radius 3 is 2.67 bits per heavy atom. The third kappa shape index (κ3) is 4.74. The van der Waals surface area contributed by atoms with Crippen LogP contribution in [0.1, 0.15) is 41.0 Å². The Labute approximate surface area is 145 Å². The van der Waals surface area contributed by atoms with E-state index in [0.29, 0.717) is 24.6 Å². The maximum absolute atomic E-state index is 13.9. The van der Waals surface area contributed by atoms with E-state index in [0.717, 1.165) is 16.8 Å². The number of nitrogens with zero attached hydrogens (tertiary/aromatic N) is 2. The van der Waals surface area contributed by atoms with Gasteiger partial charge in [0, 0.05) is 23.1 Å². The van der Waals surface area contributed by atoms with E-state index in [1.165, 1.54) is 17.0 Å². The van der Waals surface area contributed by atoms with Gasteiger partial charge in [-0.25, -0.2) is 18.8 Å². The van der Waals surface area contributed by atoms with Gasteiger partial charge < -0.3 is 10.6 Å². The number of rotatable bonds is 5. The quantitative estimate of drug-likeness (QED) is 0.635. The summed E-state index contributed by atoms with van der Waals surface area (Å²) in [7, 11) is 0. The molecular weight excluding hydrogens is 330 g/mol. The van der Waals surface area contributed by atoms with Crippen molar-refractivity contribution < 1.29 is 8.78 Å². The molecule has 2 N–H and O–H groups in total. The van der Waals surface area contributed by atoms with Gasteiger partial charge in [-0.15, -0.1) is 11.3 Å². The molecule has 1 aromatic carbocycles. The molecule has 0 radical (unpaired) electrons. The van der Waals surface area contributed by atoms with E-state index in [9.17, 15) is 8.78 Å². The number of guanidine groups is 1. The van der Waals surface area contributed by atoms with Crippen molar-refractivity contribution >= 4 is 17.3 Å². The van der Waals surface area contributed by atoms with Crippen LogP contribution in [-0.2, 0) is 6.54 Å². The Kier molecular flexibility index (Phi) is 6.25. The third-order valence-corrected chi connectivity index (χ3v) is 4.63. The standard InChI is InChI=1S/C17H22F2N4S/c1-5-20-17(21-9-16-22-10(2)12(4)24-16)23-11(3)14-7-6-13(18)8-15(14)19/h6-8,11H,5,9H2,1-4H3,(H2,20,21,23). The number of halogens is 2. The van der Waals surface area contributed by atoms with Crippen LogP contribution in [0, 0.1) is 25.5 Å². The topological polar surface area (TPSA) is 49.3 Å². The summed E-state index contributed by atoms with van der Waals surface area (Å²) >= 11 is 1.62. The summed E-state index contributed by atoms with van der Waals surface area (Å²) in [6, 6.07) is 3.24. The van der Waals surface area contributed by atoms with E-state index in [1.54, 1.807) is 18.3 Å². The normalized spacial score (nSPS) is 13.0. The molecule has 24 heavy (non-hydrogen) atoms. The van der Waals surface area contributed by atoms with Gasteiger partial charge in [-0.2, -0.15) is 0 Å². The maximum atomic E-state index is 13.9. The lowest BCUT2D eigenvalue weighted by molar-refractivity contribution is 0.551. The number of hydrogen-bond donors (Lipinski definition) is 2. The molecule has 0 aliphatic rings. The molecule has 1 heterocycles. The van der Waals surface area contributed by atoms with Gasteiger partial charge in [-0.1, -0.05) is 6.07 Å². The second-order valence-electron chi connectivity index (χ2n) is 5.48. The molecule has 0 saturated heterocycles. The van der Waals surface area contributed by atoms with Crippen LogP contribution in [0.15, 0.2) is 23.2 Å². The van der Waals surface area contributed by atoms with Crippen molar-refractivity contribution in [2.45, 2.75) is 40.3 Å². The summed E-state index contributed by atoms with van der Waals surface area (Å²) in [4.78, 5) is 10.1. The highest BCUT2D eigenvalue weighted by molar-refractivity contribution is 7.11. The summed E-state index contributed by atoms with van der Waals surface area (Å²) in [5.41, 5.74) is 1.41. The lowest BCUT2D eigenvalue weighted by Crippen LogP contribution is -2.39. The molecule has 0 amide bonds. The molecule has 4 nitrogen and oxygen atoms in total. The summed E-state index contributed by atoms with van der Waals surface area (Å²) in [6.45, 7) is 8.90. The molecule has 1 atom stereocenters. The molecule has 2 rings (SSSR count). The average molecular weight is 352 g/mol. The first-order valence-electron chi connectivity index (χ1n) is 7.83. The third-order valence-electron chi connectivity index (χ3n) is 3.57. The number of aliphatic imine (C=N–C) groups is 1. The van der Waals surface area contributed by atoms with Crippen LogP contribution in [0.25, 0.3) is 0 Å². The summed E-state index contributed by atoms with van der Waals surface area (Å²) in [5.74, 6) is -0.588. The zero-order chi connectivity index (χ0) is 17.7. The number of aryl methyl sites for hydroxylation is 2. The highest BCUT2D eigenvalue weighted by Gasteiger charge is 2.13. The van der Waals surface area contributed by atoms with E-state index in [-0.39, 0.29) is 6.04 Å². The number of thiazole rings is 1. The summed E-state index contributed by atoms with van der Waals surface area (Å²) in [6.07, 6.45) is 0. The van der Waals surface area contributed by atoms with Crippen molar-refractivity contribution in [3.8, 4) is 0 Å². The molecule has 1 unspecified atom stereocenters. The van der Waals surface area contributed by atoms with Crippen LogP contribution in [0.5, 0.6) is 0 Å². The van der Waals surface area contributed by atoms with Crippen LogP contribution in [-0.4, -0.2) is 17.5 Å². The van der Waals surface area contributed by atoms with Gasteiger partial charge in [0.15, 0.2) is 5.96 Å². The average Bonchev–Trinajstić information content (AvgIpc) is 2.83. The molecule has 7 heteroatoms. The van der Waals surface area contributed by atoms with E-state index in [4.69, 9.17) is 0 Å². The Bertz CT molecular complexity index is 708. The van der Waals surface area contributed by atoms with Gasteiger partial charge in [0.25, 0.3) is 0 Å². The number of benzene rings is 1. The van der Waals surface area contributed by atoms with Crippen molar-refractivity contribution in [1.82, 2.24) is 15.6 Å². The van der Waals surface area contributed by atoms with Gasteiger partial charge in [0.05, 0.1) is 18.3 Å². The molecule has 0 aliphatic carbocycles. The molecule has 2 aromatic rings. The van der Waals surface area contributed by atoms with Crippen LogP contribution >= 0.6 is 11.3 Å². The van der Waals surface area contributed by atoms with Crippen LogP contribution in [0.3, 0.4) is 0 Å².